The molecule has 2 unspecified atom stereocenters. The summed E-state index contributed by atoms with van der Waals surface area (Å²) < 4.78 is 24.8. The van der Waals surface area contributed by atoms with Gasteiger partial charge in [-0.15, -0.1) is 11.8 Å². The van der Waals surface area contributed by atoms with Crippen molar-refractivity contribution in [3.8, 4) is 0 Å². The van der Waals surface area contributed by atoms with Gasteiger partial charge in [0.1, 0.15) is 0 Å². The lowest BCUT2D eigenvalue weighted by Crippen LogP contribution is -2.40. The van der Waals surface area contributed by atoms with Gasteiger partial charge in [-0.2, -0.15) is 0 Å². The lowest BCUT2D eigenvalue weighted by Gasteiger charge is -2.16. The summed E-state index contributed by atoms with van der Waals surface area (Å²) in [4.78, 5) is 13.3. The molecule has 5 nitrogen and oxygen atoms in total. The first-order chi connectivity index (χ1) is 11.4. The molecule has 2 rings (SSSR count). The average molecular weight is 371 g/mol. The van der Waals surface area contributed by atoms with Crippen molar-refractivity contribution in [3.05, 3.63) is 24.3 Å². The van der Waals surface area contributed by atoms with E-state index in [1.165, 1.54) is 11.8 Å². The number of hydrogen-bond acceptors (Lipinski definition) is 5. The zero-order valence-corrected chi connectivity index (χ0v) is 15.9. The third kappa shape index (κ3) is 5.22. The van der Waals surface area contributed by atoms with Crippen molar-refractivity contribution in [1.82, 2.24) is 10.6 Å². The van der Waals surface area contributed by atoms with Crippen LogP contribution in [0.25, 0.3) is 0 Å². The second-order valence-electron chi connectivity index (χ2n) is 6.06. The van der Waals surface area contributed by atoms with Crippen molar-refractivity contribution < 1.29 is 13.2 Å². The van der Waals surface area contributed by atoms with E-state index < -0.39 is 9.84 Å². The molecule has 1 aromatic carbocycles. The predicted octanol–water partition coefficient (Wildman–Crippen LogP) is 2.22. The molecule has 134 valence electrons. The van der Waals surface area contributed by atoms with Gasteiger partial charge in [0.05, 0.1) is 15.9 Å². The molecule has 1 saturated heterocycles. The highest BCUT2D eigenvalue weighted by molar-refractivity contribution is 8.01. The Balaban J connectivity index is 2.00. The third-order valence-corrected chi connectivity index (χ3v) is 7.29. The Hall–Kier alpha value is -1.05. The van der Waals surface area contributed by atoms with Gasteiger partial charge in [0.15, 0.2) is 9.84 Å². The number of amides is 1. The highest BCUT2D eigenvalue weighted by Gasteiger charge is 2.22. The van der Waals surface area contributed by atoms with Gasteiger partial charge >= 0.3 is 0 Å². The van der Waals surface area contributed by atoms with Gasteiger partial charge in [0.25, 0.3) is 0 Å². The molecule has 0 spiro atoms. The van der Waals surface area contributed by atoms with E-state index in [0.29, 0.717) is 28.8 Å². The molecule has 0 radical (unpaired) electrons. The molecular weight excluding hydrogens is 344 g/mol. The summed E-state index contributed by atoms with van der Waals surface area (Å²) >= 11 is 1.30. The first-order valence-corrected chi connectivity index (χ1v) is 11.0. The summed E-state index contributed by atoms with van der Waals surface area (Å²) in [7, 11) is -3.30. The molecule has 1 aliphatic rings. The Labute approximate surface area is 148 Å². The molecule has 7 heteroatoms. The maximum absolute atomic E-state index is 12.4. The molecular formula is C17H26N2O3S2. The van der Waals surface area contributed by atoms with Gasteiger partial charge in [-0.1, -0.05) is 19.1 Å². The lowest BCUT2D eigenvalue weighted by molar-refractivity contribution is -0.120. The molecule has 1 heterocycles. The van der Waals surface area contributed by atoms with Crippen molar-refractivity contribution in [2.45, 2.75) is 54.2 Å². The molecule has 2 atom stereocenters. The van der Waals surface area contributed by atoms with Crippen molar-refractivity contribution in [1.29, 1.82) is 0 Å². The van der Waals surface area contributed by atoms with Gasteiger partial charge in [-0.3, -0.25) is 4.79 Å². The first-order valence-electron chi connectivity index (χ1n) is 8.43. The smallest absolute Gasteiger partial charge is 0.233 e. The highest BCUT2D eigenvalue weighted by atomic mass is 32.2. The Morgan fingerprint density at radius 1 is 1.42 bits per heavy atom. The maximum Gasteiger partial charge on any atom is 0.233 e. The molecule has 1 aromatic rings. The van der Waals surface area contributed by atoms with Gasteiger partial charge in [0, 0.05) is 17.5 Å². The van der Waals surface area contributed by atoms with Gasteiger partial charge in [-0.25, -0.2) is 8.42 Å². The number of sulfone groups is 1. The summed E-state index contributed by atoms with van der Waals surface area (Å²) in [6.07, 6.45) is 2.80. The van der Waals surface area contributed by atoms with Crippen LogP contribution >= 0.6 is 11.8 Å². The number of carbonyl (C=O) groups excluding carboxylic acids is 1. The Morgan fingerprint density at radius 2 is 2.17 bits per heavy atom. The van der Waals surface area contributed by atoms with E-state index in [9.17, 15) is 13.2 Å². The molecule has 1 aliphatic heterocycles. The second-order valence-corrected chi connectivity index (χ2v) is 9.52. The molecule has 0 aromatic heterocycles. The standard InChI is InChI=1S/C17H26N2O3S2/c1-3-11-24(21,22)16-9-5-4-8-15(16)23-13(2)17(20)19-12-14-7-6-10-18-14/h4-5,8-9,13-14,18H,3,6-7,10-12H2,1-2H3,(H,19,20). The number of benzene rings is 1. The third-order valence-electron chi connectivity index (χ3n) is 4.02. The van der Waals surface area contributed by atoms with Crippen LogP contribution < -0.4 is 10.6 Å². The molecule has 0 saturated carbocycles. The van der Waals surface area contributed by atoms with E-state index in [1.807, 2.05) is 13.8 Å². The number of nitrogens with one attached hydrogen (secondary N) is 2. The largest absolute Gasteiger partial charge is 0.354 e. The molecule has 1 amide bonds. The molecule has 1 fully saturated rings. The van der Waals surface area contributed by atoms with Crippen LogP contribution in [0.5, 0.6) is 0 Å². The summed E-state index contributed by atoms with van der Waals surface area (Å²) in [6.45, 7) is 5.29. The SMILES string of the molecule is CCCS(=O)(=O)c1ccccc1SC(C)C(=O)NCC1CCCN1. The summed E-state index contributed by atoms with van der Waals surface area (Å²) in [5, 5.41) is 5.96. The van der Waals surface area contributed by atoms with Crippen molar-refractivity contribution in [3.63, 3.8) is 0 Å². The zero-order chi connectivity index (χ0) is 17.6. The number of carbonyl (C=O) groups is 1. The van der Waals surface area contributed by atoms with Crippen LogP contribution in [0.4, 0.5) is 0 Å². The lowest BCUT2D eigenvalue weighted by atomic mass is 10.2. The molecule has 0 aliphatic carbocycles. The molecule has 24 heavy (non-hydrogen) atoms. The van der Waals surface area contributed by atoms with E-state index in [4.69, 9.17) is 0 Å². The van der Waals surface area contributed by atoms with Crippen LogP contribution in [0.15, 0.2) is 34.1 Å². The number of hydrogen-bond donors (Lipinski definition) is 2. The topological polar surface area (TPSA) is 75.3 Å². The summed E-state index contributed by atoms with van der Waals surface area (Å²) in [5.41, 5.74) is 0. The van der Waals surface area contributed by atoms with E-state index in [-0.39, 0.29) is 16.9 Å². The second kappa shape index (κ2) is 8.87. The fourth-order valence-corrected chi connectivity index (χ4v) is 5.58. The Kier molecular flexibility index (Phi) is 7.13. The molecule has 2 N–H and O–H groups in total. The van der Waals surface area contributed by atoms with Crippen molar-refractivity contribution >= 4 is 27.5 Å². The zero-order valence-electron chi connectivity index (χ0n) is 14.2. The number of thioether (sulfide) groups is 1. The van der Waals surface area contributed by atoms with Gasteiger partial charge in [-0.05, 0) is 44.9 Å². The Bertz CT molecular complexity index is 656. The highest BCUT2D eigenvalue weighted by Crippen LogP contribution is 2.30. The fourth-order valence-electron chi connectivity index (χ4n) is 2.73. The summed E-state index contributed by atoms with van der Waals surface area (Å²) in [6, 6.07) is 7.28. The molecule has 0 bridgehead atoms. The summed E-state index contributed by atoms with van der Waals surface area (Å²) in [5.74, 6) is 0.0646. The first kappa shape index (κ1) is 19.3. The van der Waals surface area contributed by atoms with Crippen LogP contribution in [0, 0.1) is 0 Å². The van der Waals surface area contributed by atoms with E-state index in [1.54, 1.807) is 24.3 Å². The van der Waals surface area contributed by atoms with E-state index in [2.05, 4.69) is 10.6 Å². The van der Waals surface area contributed by atoms with Crippen LogP contribution in [-0.2, 0) is 14.6 Å². The van der Waals surface area contributed by atoms with E-state index >= 15 is 0 Å². The minimum atomic E-state index is -3.30. The minimum absolute atomic E-state index is 0.0589. The quantitative estimate of drug-likeness (QED) is 0.686. The van der Waals surface area contributed by atoms with Crippen LogP contribution in [0.3, 0.4) is 0 Å². The van der Waals surface area contributed by atoms with Crippen LogP contribution in [0.2, 0.25) is 0 Å². The van der Waals surface area contributed by atoms with Crippen LogP contribution in [0.1, 0.15) is 33.1 Å². The minimum Gasteiger partial charge on any atom is -0.354 e. The van der Waals surface area contributed by atoms with E-state index in [0.717, 1.165) is 19.4 Å². The number of rotatable bonds is 8. The van der Waals surface area contributed by atoms with Crippen molar-refractivity contribution in [2.24, 2.45) is 0 Å². The van der Waals surface area contributed by atoms with Crippen LogP contribution in [-0.4, -0.2) is 44.5 Å². The van der Waals surface area contributed by atoms with Crippen molar-refractivity contribution in [2.75, 3.05) is 18.8 Å². The predicted molar refractivity (Wildman–Crippen MR) is 98.1 cm³/mol. The average Bonchev–Trinajstić information content (AvgIpc) is 3.06. The Morgan fingerprint density at radius 3 is 2.83 bits per heavy atom. The van der Waals surface area contributed by atoms with Gasteiger partial charge < -0.3 is 10.6 Å². The monoisotopic (exact) mass is 370 g/mol. The normalized spacial score (nSPS) is 19.2. The fraction of sp³-hybridized carbons (Fsp3) is 0.588. The maximum atomic E-state index is 12.4. The van der Waals surface area contributed by atoms with Gasteiger partial charge in [0.2, 0.25) is 5.91 Å².